The van der Waals surface area contributed by atoms with Gasteiger partial charge in [-0.2, -0.15) is 0 Å². The van der Waals surface area contributed by atoms with Gasteiger partial charge in [-0.25, -0.2) is 0 Å². The fourth-order valence-electron chi connectivity index (χ4n) is 1.79. The van der Waals surface area contributed by atoms with Gasteiger partial charge in [0.15, 0.2) is 0 Å². The zero-order valence-electron chi connectivity index (χ0n) is 9.82. The van der Waals surface area contributed by atoms with Crippen molar-refractivity contribution in [3.8, 4) is 0 Å². The number of carbonyl (C=O) groups is 1. The van der Waals surface area contributed by atoms with Crippen molar-refractivity contribution in [2.45, 2.75) is 45.3 Å². The summed E-state index contributed by atoms with van der Waals surface area (Å²) < 4.78 is 5.35. The van der Waals surface area contributed by atoms with Crippen LogP contribution in [0.25, 0.3) is 0 Å². The first-order chi connectivity index (χ1) is 6.93. The van der Waals surface area contributed by atoms with Crippen LogP contribution < -0.4 is 0 Å². The lowest BCUT2D eigenvalue weighted by atomic mass is 10.0. The van der Waals surface area contributed by atoms with Crippen molar-refractivity contribution in [1.29, 1.82) is 0 Å². The Hall–Kier alpha value is -0.610. The van der Waals surface area contributed by atoms with Gasteiger partial charge < -0.3 is 14.7 Å². The summed E-state index contributed by atoms with van der Waals surface area (Å²) in [6.07, 6.45) is 0.547. The van der Waals surface area contributed by atoms with Gasteiger partial charge in [-0.15, -0.1) is 0 Å². The molecular formula is C11H21NO3. The van der Waals surface area contributed by atoms with Crippen molar-refractivity contribution >= 4 is 5.91 Å². The summed E-state index contributed by atoms with van der Waals surface area (Å²) in [7, 11) is 0. The fraction of sp³-hybridized carbons (Fsp3) is 0.909. The van der Waals surface area contributed by atoms with Gasteiger partial charge in [-0.3, -0.25) is 4.79 Å². The number of aliphatic hydroxyl groups is 1. The molecule has 1 saturated heterocycles. The topological polar surface area (TPSA) is 49.8 Å². The van der Waals surface area contributed by atoms with Gasteiger partial charge in [-0.1, -0.05) is 0 Å². The van der Waals surface area contributed by atoms with Crippen LogP contribution in [-0.4, -0.2) is 47.3 Å². The highest BCUT2D eigenvalue weighted by Crippen LogP contribution is 2.20. The van der Waals surface area contributed by atoms with Crippen molar-refractivity contribution in [1.82, 2.24) is 4.90 Å². The van der Waals surface area contributed by atoms with Crippen LogP contribution in [-0.2, 0) is 9.53 Å². The molecule has 4 nitrogen and oxygen atoms in total. The summed E-state index contributed by atoms with van der Waals surface area (Å²) in [6.45, 7) is 7.58. The summed E-state index contributed by atoms with van der Waals surface area (Å²) in [5.41, 5.74) is -0.214. The Morgan fingerprint density at radius 3 is 2.80 bits per heavy atom. The maximum absolute atomic E-state index is 11.9. The van der Waals surface area contributed by atoms with Gasteiger partial charge in [0.25, 0.3) is 0 Å². The minimum atomic E-state index is -0.405. The van der Waals surface area contributed by atoms with Crippen LogP contribution in [0.5, 0.6) is 0 Å². The van der Waals surface area contributed by atoms with Crippen LogP contribution in [0.4, 0.5) is 0 Å². The van der Waals surface area contributed by atoms with E-state index < -0.39 is 6.10 Å². The van der Waals surface area contributed by atoms with Crippen molar-refractivity contribution in [3.05, 3.63) is 0 Å². The number of carbonyl (C=O) groups excluding carboxylic acids is 1. The van der Waals surface area contributed by atoms with Gasteiger partial charge in [0.05, 0.1) is 24.9 Å². The zero-order valence-corrected chi connectivity index (χ0v) is 9.82. The number of aliphatic hydroxyl groups excluding tert-OH is 1. The van der Waals surface area contributed by atoms with Crippen LogP contribution in [0, 0.1) is 0 Å². The van der Waals surface area contributed by atoms with Crippen molar-refractivity contribution in [2.24, 2.45) is 0 Å². The van der Waals surface area contributed by atoms with Gasteiger partial charge in [0.2, 0.25) is 5.91 Å². The predicted octanol–water partition coefficient (Wildman–Crippen LogP) is 0.785. The van der Waals surface area contributed by atoms with E-state index in [-0.39, 0.29) is 11.4 Å². The molecule has 1 aliphatic heterocycles. The van der Waals surface area contributed by atoms with E-state index in [1.165, 1.54) is 0 Å². The molecule has 1 atom stereocenters. The van der Waals surface area contributed by atoms with Gasteiger partial charge in [0.1, 0.15) is 0 Å². The maximum atomic E-state index is 11.9. The van der Waals surface area contributed by atoms with E-state index in [9.17, 15) is 4.79 Å². The smallest absolute Gasteiger partial charge is 0.223 e. The van der Waals surface area contributed by atoms with Crippen molar-refractivity contribution in [3.63, 3.8) is 0 Å². The van der Waals surface area contributed by atoms with Crippen molar-refractivity contribution < 1.29 is 14.6 Å². The highest BCUT2D eigenvalue weighted by Gasteiger charge is 2.33. The normalized spacial score (nSPS) is 22.5. The molecule has 1 N–H and O–H groups in total. The molecule has 1 unspecified atom stereocenters. The molecule has 0 bridgehead atoms. The number of amides is 1. The Balaban J connectivity index is 2.49. The monoisotopic (exact) mass is 215 g/mol. The van der Waals surface area contributed by atoms with Gasteiger partial charge >= 0.3 is 0 Å². The quantitative estimate of drug-likeness (QED) is 0.757. The Morgan fingerprint density at radius 2 is 2.27 bits per heavy atom. The molecule has 0 saturated carbocycles. The summed E-state index contributed by atoms with van der Waals surface area (Å²) >= 11 is 0. The Morgan fingerprint density at radius 1 is 1.60 bits per heavy atom. The van der Waals surface area contributed by atoms with E-state index >= 15 is 0 Å². The molecular weight excluding hydrogens is 194 g/mol. The molecule has 0 spiro atoms. The van der Waals surface area contributed by atoms with Crippen LogP contribution >= 0.6 is 0 Å². The van der Waals surface area contributed by atoms with Gasteiger partial charge in [0, 0.05) is 13.0 Å². The molecule has 1 rings (SSSR count). The third-order valence-corrected chi connectivity index (χ3v) is 2.72. The second-order valence-corrected chi connectivity index (χ2v) is 4.80. The van der Waals surface area contributed by atoms with E-state index in [2.05, 4.69) is 0 Å². The zero-order chi connectivity index (χ0) is 11.5. The minimum Gasteiger partial charge on any atom is -0.393 e. The second kappa shape index (κ2) is 4.94. The number of morpholine rings is 1. The number of nitrogens with zero attached hydrogens (tertiary/aromatic N) is 1. The molecule has 1 aliphatic rings. The third-order valence-electron chi connectivity index (χ3n) is 2.72. The summed E-state index contributed by atoms with van der Waals surface area (Å²) in [5.74, 6) is 0.115. The molecule has 1 amide bonds. The molecule has 0 aromatic rings. The molecule has 0 radical (unpaired) electrons. The molecule has 4 heteroatoms. The summed E-state index contributed by atoms with van der Waals surface area (Å²) in [5, 5.41) is 9.13. The largest absolute Gasteiger partial charge is 0.393 e. The Bertz CT molecular complexity index is 226. The van der Waals surface area contributed by atoms with E-state index in [1.807, 2.05) is 18.7 Å². The molecule has 1 heterocycles. The Labute approximate surface area is 91.2 Å². The highest BCUT2D eigenvalue weighted by atomic mass is 16.5. The summed E-state index contributed by atoms with van der Waals surface area (Å²) in [4.78, 5) is 13.7. The first kappa shape index (κ1) is 12.5. The van der Waals surface area contributed by atoms with E-state index in [4.69, 9.17) is 9.84 Å². The first-order valence-electron chi connectivity index (χ1n) is 5.50. The maximum Gasteiger partial charge on any atom is 0.223 e. The van der Waals surface area contributed by atoms with E-state index in [0.29, 0.717) is 32.6 Å². The molecule has 88 valence electrons. The van der Waals surface area contributed by atoms with E-state index in [1.54, 1.807) is 6.92 Å². The lowest BCUT2D eigenvalue weighted by Gasteiger charge is -2.42. The predicted molar refractivity (Wildman–Crippen MR) is 57.5 cm³/mol. The standard InChI is InChI=1S/C11H21NO3/c1-9(13)4-5-10(14)12-6-7-15-8-11(12,2)3/h9,13H,4-8H2,1-3H3. The average molecular weight is 215 g/mol. The lowest BCUT2D eigenvalue weighted by Crippen LogP contribution is -2.55. The fourth-order valence-corrected chi connectivity index (χ4v) is 1.79. The second-order valence-electron chi connectivity index (χ2n) is 4.80. The SMILES string of the molecule is CC(O)CCC(=O)N1CCOCC1(C)C. The molecule has 0 aromatic heterocycles. The van der Waals surface area contributed by atoms with E-state index in [0.717, 1.165) is 0 Å². The Kier molecular flexibility index (Phi) is 4.11. The average Bonchev–Trinajstić information content (AvgIpc) is 2.13. The highest BCUT2D eigenvalue weighted by molar-refractivity contribution is 5.77. The number of rotatable bonds is 3. The van der Waals surface area contributed by atoms with Crippen LogP contribution in [0.15, 0.2) is 0 Å². The van der Waals surface area contributed by atoms with Crippen molar-refractivity contribution in [2.75, 3.05) is 19.8 Å². The number of hydrogen-bond donors (Lipinski definition) is 1. The summed E-state index contributed by atoms with van der Waals surface area (Å²) in [6, 6.07) is 0. The van der Waals surface area contributed by atoms with Crippen LogP contribution in [0.1, 0.15) is 33.6 Å². The molecule has 0 aliphatic carbocycles. The minimum absolute atomic E-state index is 0.115. The molecule has 15 heavy (non-hydrogen) atoms. The first-order valence-corrected chi connectivity index (χ1v) is 5.50. The molecule has 1 fully saturated rings. The van der Waals surface area contributed by atoms with Gasteiger partial charge in [-0.05, 0) is 27.2 Å². The number of ether oxygens (including phenoxy) is 1. The van der Waals surface area contributed by atoms with Crippen LogP contribution in [0.3, 0.4) is 0 Å². The third kappa shape index (κ3) is 3.47. The molecule has 0 aromatic carbocycles. The lowest BCUT2D eigenvalue weighted by molar-refractivity contribution is -0.146. The number of hydrogen-bond acceptors (Lipinski definition) is 3. The van der Waals surface area contributed by atoms with Crippen LogP contribution in [0.2, 0.25) is 0 Å².